The molecule has 19 heavy (non-hydrogen) atoms. The van der Waals surface area contributed by atoms with Crippen LogP contribution in [0.2, 0.25) is 0 Å². The van der Waals surface area contributed by atoms with E-state index in [1.54, 1.807) is 31.2 Å². The minimum atomic E-state index is -0.158. The largest absolute Gasteiger partial charge is 0.392 e. The number of allylic oxidation sites excluding steroid dienone is 2. The van der Waals surface area contributed by atoms with Gasteiger partial charge in [-0.1, -0.05) is 23.9 Å². The second-order valence-corrected chi connectivity index (χ2v) is 4.14. The van der Waals surface area contributed by atoms with E-state index in [1.807, 2.05) is 0 Å². The monoisotopic (exact) mass is 255 g/mol. The second-order valence-electron chi connectivity index (χ2n) is 4.14. The van der Waals surface area contributed by atoms with Gasteiger partial charge in [0.2, 0.25) is 0 Å². The van der Waals surface area contributed by atoms with Gasteiger partial charge in [-0.2, -0.15) is 0 Å². The molecule has 1 aromatic rings. The lowest BCUT2D eigenvalue weighted by molar-refractivity contribution is 0.0984. The highest BCUT2D eigenvalue weighted by Gasteiger charge is 2.22. The zero-order valence-electron chi connectivity index (χ0n) is 10.6. The summed E-state index contributed by atoms with van der Waals surface area (Å²) in [5.41, 5.74) is 2.02. The van der Waals surface area contributed by atoms with E-state index in [0.717, 1.165) is 0 Å². The normalized spacial score (nSPS) is 14.3. The predicted octanol–water partition coefficient (Wildman–Crippen LogP) is 2.55. The summed E-state index contributed by atoms with van der Waals surface area (Å²) in [5, 5.41) is 3.73. The van der Waals surface area contributed by atoms with Gasteiger partial charge >= 0.3 is 0 Å². The lowest BCUT2D eigenvalue weighted by atomic mass is 9.89. The number of carbonyl (C=O) groups excluding carboxylic acids is 2. The van der Waals surface area contributed by atoms with E-state index in [4.69, 9.17) is 4.84 Å². The van der Waals surface area contributed by atoms with Crippen molar-refractivity contribution < 1.29 is 14.4 Å². The van der Waals surface area contributed by atoms with Crippen LogP contribution in [-0.2, 0) is 4.84 Å². The number of rotatable bonds is 4. The van der Waals surface area contributed by atoms with E-state index in [-0.39, 0.29) is 11.6 Å². The summed E-state index contributed by atoms with van der Waals surface area (Å²) in [6.07, 6.45) is 4.44. The molecule has 0 saturated heterocycles. The molecule has 0 heterocycles. The highest BCUT2D eigenvalue weighted by Crippen LogP contribution is 2.21. The molecule has 1 aromatic carbocycles. The van der Waals surface area contributed by atoms with Gasteiger partial charge in [-0.15, -0.1) is 0 Å². The Hall–Kier alpha value is -2.49. The van der Waals surface area contributed by atoms with Crippen molar-refractivity contribution in [3.63, 3.8) is 0 Å². The molecule has 0 amide bonds. The topological polar surface area (TPSA) is 55.7 Å². The minimum absolute atomic E-state index is 0.110. The Balaban J connectivity index is 2.29. The van der Waals surface area contributed by atoms with Gasteiger partial charge in [0.25, 0.3) is 0 Å². The molecule has 4 nitrogen and oxygen atoms in total. The van der Waals surface area contributed by atoms with Gasteiger partial charge in [0, 0.05) is 16.7 Å². The molecule has 96 valence electrons. The van der Waals surface area contributed by atoms with Crippen LogP contribution in [0.3, 0.4) is 0 Å². The summed E-state index contributed by atoms with van der Waals surface area (Å²) in [5.74, 6) is -0.268. The van der Waals surface area contributed by atoms with Crippen molar-refractivity contribution in [1.29, 1.82) is 0 Å². The van der Waals surface area contributed by atoms with Crippen LogP contribution < -0.4 is 0 Å². The highest BCUT2D eigenvalue weighted by molar-refractivity contribution is 6.24. The van der Waals surface area contributed by atoms with E-state index < -0.39 is 0 Å². The van der Waals surface area contributed by atoms with Crippen LogP contribution in [0, 0.1) is 0 Å². The average molecular weight is 255 g/mol. The van der Waals surface area contributed by atoms with Crippen LogP contribution in [0.1, 0.15) is 33.2 Å². The maximum Gasteiger partial charge on any atom is 0.189 e. The fourth-order valence-electron chi connectivity index (χ4n) is 1.79. The third kappa shape index (κ3) is 2.68. The first-order valence-electron chi connectivity index (χ1n) is 5.81. The molecule has 0 aliphatic heterocycles. The molecule has 0 N–H and O–H groups in total. The number of nitrogens with zero attached hydrogens (tertiary/aromatic N) is 1. The molecule has 0 unspecified atom stereocenters. The van der Waals surface area contributed by atoms with Crippen LogP contribution in [0.25, 0.3) is 0 Å². The highest BCUT2D eigenvalue weighted by atomic mass is 16.6. The van der Waals surface area contributed by atoms with E-state index in [2.05, 4.69) is 11.7 Å². The van der Waals surface area contributed by atoms with Crippen molar-refractivity contribution in [2.45, 2.75) is 6.92 Å². The lowest BCUT2D eigenvalue weighted by Gasteiger charge is -2.12. The number of Topliss-reactive ketones (excluding diaryl/α,β-unsaturated/α-hetero) is 1. The summed E-state index contributed by atoms with van der Waals surface area (Å²) in [6, 6.07) is 5.00. The maximum absolute atomic E-state index is 11.9. The van der Waals surface area contributed by atoms with Gasteiger partial charge in [-0.05, 0) is 30.7 Å². The smallest absolute Gasteiger partial charge is 0.189 e. The van der Waals surface area contributed by atoms with Crippen molar-refractivity contribution in [3.05, 3.63) is 59.2 Å². The molecule has 4 heteroatoms. The Morgan fingerprint density at radius 3 is 2.84 bits per heavy atom. The molecular weight excluding hydrogens is 242 g/mol. The molecule has 1 aliphatic rings. The minimum Gasteiger partial charge on any atom is -0.392 e. The number of ketones is 2. The van der Waals surface area contributed by atoms with Gasteiger partial charge < -0.3 is 4.84 Å². The molecular formula is C15H13NO3. The second kappa shape index (κ2) is 5.44. The fraction of sp³-hybridized carbons (Fsp3) is 0.133. The molecule has 1 aliphatic carbocycles. The standard InChI is InChI=1S/C15H13NO3/c1-3-6-19-16-9-11-4-5-12-13(8-11)14(17)7-10(2)15(12)18/h3-5,7-9H,1,6H2,2H3/b16-9+. The first-order valence-corrected chi connectivity index (χ1v) is 5.81. The summed E-state index contributed by atoms with van der Waals surface area (Å²) in [4.78, 5) is 28.6. The van der Waals surface area contributed by atoms with Crippen molar-refractivity contribution in [3.8, 4) is 0 Å². The van der Waals surface area contributed by atoms with Crippen molar-refractivity contribution in [1.82, 2.24) is 0 Å². The Labute approximate surface area is 111 Å². The lowest BCUT2D eigenvalue weighted by Crippen LogP contribution is -2.15. The molecule has 0 atom stereocenters. The van der Waals surface area contributed by atoms with Crippen LogP contribution in [-0.4, -0.2) is 24.4 Å². The molecule has 0 aromatic heterocycles. The third-order valence-corrected chi connectivity index (χ3v) is 2.73. The van der Waals surface area contributed by atoms with Gasteiger partial charge in [0.1, 0.15) is 6.61 Å². The van der Waals surface area contributed by atoms with E-state index in [0.29, 0.717) is 28.9 Å². The number of oxime groups is 1. The summed E-state index contributed by atoms with van der Waals surface area (Å²) in [7, 11) is 0. The SMILES string of the molecule is C=CCO/N=C/c1ccc2c(c1)C(=O)C=C(C)C2=O. The molecule has 0 fully saturated rings. The van der Waals surface area contributed by atoms with E-state index in [1.165, 1.54) is 12.3 Å². The van der Waals surface area contributed by atoms with Crippen LogP contribution in [0.15, 0.2) is 47.7 Å². The summed E-state index contributed by atoms with van der Waals surface area (Å²) in [6.45, 7) is 5.46. The Bertz CT molecular complexity index is 612. The van der Waals surface area contributed by atoms with Crippen LogP contribution >= 0.6 is 0 Å². The zero-order valence-corrected chi connectivity index (χ0v) is 10.6. The first-order chi connectivity index (χ1) is 9.13. The molecule has 0 bridgehead atoms. The van der Waals surface area contributed by atoms with Gasteiger partial charge in [0.05, 0.1) is 6.21 Å². The zero-order chi connectivity index (χ0) is 13.8. The Morgan fingerprint density at radius 1 is 1.32 bits per heavy atom. The Morgan fingerprint density at radius 2 is 2.11 bits per heavy atom. The first kappa shape index (κ1) is 13.0. The van der Waals surface area contributed by atoms with Crippen LogP contribution in [0.5, 0.6) is 0 Å². The van der Waals surface area contributed by atoms with Crippen molar-refractivity contribution in [2.24, 2.45) is 5.16 Å². The van der Waals surface area contributed by atoms with Gasteiger partial charge in [-0.25, -0.2) is 0 Å². The van der Waals surface area contributed by atoms with E-state index in [9.17, 15) is 9.59 Å². The van der Waals surface area contributed by atoms with Crippen molar-refractivity contribution in [2.75, 3.05) is 6.61 Å². The quantitative estimate of drug-likeness (QED) is 0.359. The third-order valence-electron chi connectivity index (χ3n) is 2.73. The average Bonchev–Trinajstić information content (AvgIpc) is 2.41. The number of hydrogen-bond acceptors (Lipinski definition) is 4. The molecule has 0 radical (unpaired) electrons. The number of fused-ring (bicyclic) bond motifs is 1. The molecule has 0 spiro atoms. The number of carbonyl (C=O) groups is 2. The van der Waals surface area contributed by atoms with Gasteiger partial charge in [0.15, 0.2) is 11.6 Å². The summed E-state index contributed by atoms with van der Waals surface area (Å²) >= 11 is 0. The van der Waals surface area contributed by atoms with Gasteiger partial charge in [-0.3, -0.25) is 9.59 Å². The maximum atomic E-state index is 11.9. The number of hydrogen-bond donors (Lipinski definition) is 0. The molecule has 2 rings (SSSR count). The molecule has 0 saturated carbocycles. The predicted molar refractivity (Wildman–Crippen MR) is 72.6 cm³/mol. The van der Waals surface area contributed by atoms with E-state index >= 15 is 0 Å². The number of benzene rings is 1. The van der Waals surface area contributed by atoms with Crippen molar-refractivity contribution >= 4 is 17.8 Å². The summed E-state index contributed by atoms with van der Waals surface area (Å²) < 4.78 is 0. The van der Waals surface area contributed by atoms with Crippen LogP contribution in [0.4, 0.5) is 0 Å². The fourth-order valence-corrected chi connectivity index (χ4v) is 1.79. The Kier molecular flexibility index (Phi) is 3.71.